The van der Waals surface area contributed by atoms with E-state index in [1.807, 2.05) is 12.1 Å². The Morgan fingerprint density at radius 3 is 2.36 bits per heavy atom. The first-order valence-electron chi connectivity index (χ1n) is 6.42. The first kappa shape index (κ1) is 16.9. The monoisotopic (exact) mass is 355 g/mol. The summed E-state index contributed by atoms with van der Waals surface area (Å²) < 4.78 is 5.84. The molecule has 0 fully saturated rings. The summed E-state index contributed by atoms with van der Waals surface area (Å²) in [6.07, 6.45) is -0.448. The van der Waals surface area contributed by atoms with Gasteiger partial charge >= 0.3 is 0 Å². The van der Waals surface area contributed by atoms with Crippen molar-refractivity contribution in [1.82, 2.24) is 0 Å². The minimum Gasteiger partial charge on any atom is -0.369 e. The molecule has 0 saturated carbocycles. The predicted octanol–water partition coefficient (Wildman–Crippen LogP) is 6.22. The highest BCUT2D eigenvalue weighted by Gasteiger charge is 2.15. The smallest absolute Gasteiger partial charge is 0.0900 e. The topological polar surface area (TPSA) is 58.0 Å². The van der Waals surface area contributed by atoms with Crippen molar-refractivity contribution in [2.45, 2.75) is 12.7 Å². The van der Waals surface area contributed by atoms with Crippen LogP contribution in [0.5, 0.6) is 0 Å². The van der Waals surface area contributed by atoms with Crippen molar-refractivity contribution in [2.24, 2.45) is 5.11 Å². The molecule has 2 rings (SSSR count). The largest absolute Gasteiger partial charge is 0.369 e. The second-order valence-corrected chi connectivity index (χ2v) is 5.79. The second-order valence-electron chi connectivity index (χ2n) is 4.51. The zero-order valence-electron chi connectivity index (χ0n) is 11.4. The van der Waals surface area contributed by atoms with Gasteiger partial charge in [-0.1, -0.05) is 58.1 Å². The SMILES string of the molecule is [N-]=[N+]=NCC(OCc1ccc(Cl)cc1)c1ccc(Cl)cc1Cl. The van der Waals surface area contributed by atoms with Crippen molar-refractivity contribution in [1.29, 1.82) is 0 Å². The van der Waals surface area contributed by atoms with E-state index in [0.717, 1.165) is 11.1 Å². The summed E-state index contributed by atoms with van der Waals surface area (Å²) >= 11 is 17.9. The van der Waals surface area contributed by atoms with Gasteiger partial charge < -0.3 is 4.74 Å². The van der Waals surface area contributed by atoms with Crippen LogP contribution in [0.2, 0.25) is 15.1 Å². The highest BCUT2D eigenvalue weighted by Crippen LogP contribution is 2.29. The number of hydrogen-bond acceptors (Lipinski definition) is 2. The Morgan fingerprint density at radius 2 is 1.73 bits per heavy atom. The Balaban J connectivity index is 2.15. The van der Waals surface area contributed by atoms with Crippen LogP contribution < -0.4 is 0 Å². The maximum Gasteiger partial charge on any atom is 0.0900 e. The lowest BCUT2D eigenvalue weighted by Crippen LogP contribution is -2.08. The predicted molar refractivity (Wildman–Crippen MR) is 89.5 cm³/mol. The molecule has 22 heavy (non-hydrogen) atoms. The number of rotatable bonds is 6. The molecule has 2 aromatic rings. The van der Waals surface area contributed by atoms with Crippen LogP contribution in [-0.4, -0.2) is 6.54 Å². The Kier molecular flexibility index (Phi) is 6.37. The number of benzene rings is 2. The number of nitrogens with zero attached hydrogens (tertiary/aromatic N) is 3. The minimum atomic E-state index is -0.448. The van der Waals surface area contributed by atoms with Gasteiger partial charge in [0.25, 0.3) is 0 Å². The van der Waals surface area contributed by atoms with Crippen LogP contribution in [-0.2, 0) is 11.3 Å². The van der Waals surface area contributed by atoms with E-state index in [1.54, 1.807) is 30.3 Å². The Morgan fingerprint density at radius 1 is 1.05 bits per heavy atom. The van der Waals surface area contributed by atoms with Crippen LogP contribution in [0.15, 0.2) is 47.6 Å². The molecule has 0 aromatic heterocycles. The molecular weight excluding hydrogens is 345 g/mol. The molecule has 0 spiro atoms. The van der Waals surface area contributed by atoms with Crippen LogP contribution in [0.1, 0.15) is 17.2 Å². The minimum absolute atomic E-state index is 0.144. The lowest BCUT2D eigenvalue weighted by molar-refractivity contribution is 0.0458. The summed E-state index contributed by atoms with van der Waals surface area (Å²) in [6, 6.07) is 12.4. The molecule has 114 valence electrons. The van der Waals surface area contributed by atoms with Gasteiger partial charge in [0.05, 0.1) is 19.3 Å². The van der Waals surface area contributed by atoms with Crippen LogP contribution >= 0.6 is 34.8 Å². The first-order chi connectivity index (χ1) is 10.6. The van der Waals surface area contributed by atoms with Gasteiger partial charge in [0, 0.05) is 20.0 Å². The molecule has 1 unspecified atom stereocenters. The average molecular weight is 357 g/mol. The first-order valence-corrected chi connectivity index (χ1v) is 7.55. The van der Waals surface area contributed by atoms with Crippen LogP contribution in [0, 0.1) is 0 Å². The van der Waals surface area contributed by atoms with E-state index in [9.17, 15) is 0 Å². The Labute approximate surface area is 143 Å². The van der Waals surface area contributed by atoms with Crippen molar-refractivity contribution >= 4 is 34.8 Å². The summed E-state index contributed by atoms with van der Waals surface area (Å²) in [4.78, 5) is 2.77. The summed E-state index contributed by atoms with van der Waals surface area (Å²) in [6.45, 7) is 0.493. The van der Waals surface area contributed by atoms with Crippen molar-refractivity contribution in [3.8, 4) is 0 Å². The maximum absolute atomic E-state index is 8.53. The molecule has 7 heteroatoms. The van der Waals surface area contributed by atoms with Crippen LogP contribution in [0.3, 0.4) is 0 Å². The zero-order chi connectivity index (χ0) is 15.9. The summed E-state index contributed by atoms with van der Waals surface area (Å²) in [5.74, 6) is 0. The Bertz CT molecular complexity index is 685. The van der Waals surface area contributed by atoms with Crippen LogP contribution in [0.4, 0.5) is 0 Å². The molecule has 0 radical (unpaired) electrons. The van der Waals surface area contributed by atoms with Gasteiger partial charge in [-0.2, -0.15) is 0 Å². The van der Waals surface area contributed by atoms with E-state index in [1.165, 1.54) is 0 Å². The molecular formula is C15H12Cl3N3O. The van der Waals surface area contributed by atoms with Crippen molar-refractivity contribution in [3.63, 3.8) is 0 Å². The third kappa shape index (κ3) is 4.80. The van der Waals surface area contributed by atoms with Crippen LogP contribution in [0.25, 0.3) is 10.4 Å². The van der Waals surface area contributed by atoms with Crippen molar-refractivity contribution in [2.75, 3.05) is 6.54 Å². The number of ether oxygens (including phenoxy) is 1. The zero-order valence-corrected chi connectivity index (χ0v) is 13.7. The molecule has 0 N–H and O–H groups in total. The molecule has 0 amide bonds. The molecule has 0 bridgehead atoms. The number of azide groups is 1. The molecule has 4 nitrogen and oxygen atoms in total. The summed E-state index contributed by atoms with van der Waals surface area (Å²) in [7, 11) is 0. The molecule has 0 aliphatic rings. The van der Waals surface area contributed by atoms with Gasteiger partial charge in [0.15, 0.2) is 0 Å². The normalized spacial score (nSPS) is 11.8. The molecule has 0 heterocycles. The van der Waals surface area contributed by atoms with E-state index >= 15 is 0 Å². The van der Waals surface area contributed by atoms with Crippen molar-refractivity contribution < 1.29 is 4.74 Å². The van der Waals surface area contributed by atoms with E-state index in [-0.39, 0.29) is 6.54 Å². The summed E-state index contributed by atoms with van der Waals surface area (Å²) in [5.41, 5.74) is 10.2. The molecule has 0 aliphatic heterocycles. The lowest BCUT2D eigenvalue weighted by atomic mass is 10.1. The van der Waals surface area contributed by atoms with Crippen molar-refractivity contribution in [3.05, 3.63) is 79.1 Å². The maximum atomic E-state index is 8.53. The van der Waals surface area contributed by atoms with E-state index in [4.69, 9.17) is 45.1 Å². The standard InChI is InChI=1S/C15H12Cl3N3O/c16-11-3-1-10(2-4-11)9-22-15(8-20-21-19)13-6-5-12(17)7-14(13)18/h1-7,15H,8-9H2. The van der Waals surface area contributed by atoms with Gasteiger partial charge in [-0.25, -0.2) is 0 Å². The van der Waals surface area contributed by atoms with Gasteiger partial charge in [-0.3, -0.25) is 0 Å². The fourth-order valence-electron chi connectivity index (χ4n) is 1.89. The average Bonchev–Trinajstić information content (AvgIpc) is 2.50. The van der Waals surface area contributed by atoms with E-state index in [2.05, 4.69) is 10.0 Å². The van der Waals surface area contributed by atoms with Gasteiger partial charge in [-0.05, 0) is 40.9 Å². The van der Waals surface area contributed by atoms with Gasteiger partial charge in [-0.15, -0.1) is 0 Å². The molecule has 1 atom stereocenters. The van der Waals surface area contributed by atoms with Gasteiger partial charge in [0.2, 0.25) is 0 Å². The number of halogens is 3. The fourth-order valence-corrected chi connectivity index (χ4v) is 2.55. The van der Waals surface area contributed by atoms with E-state index in [0.29, 0.717) is 21.7 Å². The van der Waals surface area contributed by atoms with E-state index < -0.39 is 6.10 Å². The highest BCUT2D eigenvalue weighted by atomic mass is 35.5. The Hall–Kier alpha value is -1.42. The fraction of sp³-hybridized carbons (Fsp3) is 0.200. The second kappa shape index (κ2) is 8.28. The third-order valence-electron chi connectivity index (χ3n) is 2.98. The molecule has 0 aliphatic carbocycles. The number of hydrogen-bond donors (Lipinski definition) is 0. The molecule has 0 saturated heterocycles. The van der Waals surface area contributed by atoms with Gasteiger partial charge in [0.1, 0.15) is 0 Å². The highest BCUT2D eigenvalue weighted by molar-refractivity contribution is 6.35. The quantitative estimate of drug-likeness (QED) is 0.344. The third-order valence-corrected chi connectivity index (χ3v) is 3.80. The lowest BCUT2D eigenvalue weighted by Gasteiger charge is -2.18. The summed E-state index contributed by atoms with van der Waals surface area (Å²) in [5, 5.41) is 5.25. The molecule has 2 aromatic carbocycles.